The van der Waals surface area contributed by atoms with Gasteiger partial charge in [0.05, 0.1) is 18.9 Å². The summed E-state index contributed by atoms with van der Waals surface area (Å²) in [6.07, 6.45) is 4.00. The van der Waals surface area contributed by atoms with Crippen LogP contribution in [-0.4, -0.2) is 32.4 Å². The summed E-state index contributed by atoms with van der Waals surface area (Å²) < 4.78 is 5.64. The van der Waals surface area contributed by atoms with Crippen LogP contribution < -0.4 is 4.90 Å². The zero-order valence-electron chi connectivity index (χ0n) is 14.9. The maximum absolute atomic E-state index is 5.46. The van der Waals surface area contributed by atoms with Crippen molar-refractivity contribution in [3.8, 4) is 5.69 Å². The van der Waals surface area contributed by atoms with Crippen LogP contribution in [0.4, 0.5) is 0 Å². The molecule has 0 fully saturated rings. The van der Waals surface area contributed by atoms with Crippen molar-refractivity contribution in [2.75, 3.05) is 12.8 Å². The van der Waals surface area contributed by atoms with Gasteiger partial charge in [0.1, 0.15) is 6.54 Å². The van der Waals surface area contributed by atoms with Crippen molar-refractivity contribution in [2.45, 2.75) is 24.5 Å². The van der Waals surface area contributed by atoms with Gasteiger partial charge >= 0.3 is 0 Å². The first kappa shape index (κ1) is 19.0. The molecule has 0 aliphatic carbocycles. The molecule has 0 saturated heterocycles. The third kappa shape index (κ3) is 5.14. The zero-order chi connectivity index (χ0) is 18.5. The highest BCUT2D eigenvalue weighted by molar-refractivity contribution is 8.01. The van der Waals surface area contributed by atoms with Crippen LogP contribution in [0.2, 0.25) is 0 Å². The van der Waals surface area contributed by atoms with Gasteiger partial charge in [-0.05, 0) is 31.3 Å². The Balaban J connectivity index is 1.61. The first-order valence-electron chi connectivity index (χ1n) is 8.26. The van der Waals surface area contributed by atoms with Gasteiger partial charge in [0.25, 0.3) is 0 Å². The quantitative estimate of drug-likeness (QED) is 0.356. The fourth-order valence-corrected chi connectivity index (χ4v) is 4.64. The minimum absolute atomic E-state index is 0.736. The molecule has 0 bridgehead atoms. The van der Waals surface area contributed by atoms with E-state index < -0.39 is 0 Å². The van der Waals surface area contributed by atoms with Crippen LogP contribution in [0, 0.1) is 3.95 Å². The molecule has 26 heavy (non-hydrogen) atoms. The maximum Gasteiger partial charge on any atom is 0.185 e. The molecule has 0 radical (unpaired) electrons. The molecule has 3 rings (SSSR count). The van der Waals surface area contributed by atoms with Gasteiger partial charge < -0.3 is 4.90 Å². The number of hydrogen-bond donors (Lipinski definition) is 1. The summed E-state index contributed by atoms with van der Waals surface area (Å²) in [5.74, 6) is 0.879. The smallest absolute Gasteiger partial charge is 0.185 e. The third-order valence-corrected chi connectivity index (χ3v) is 6.28. The summed E-state index contributed by atoms with van der Waals surface area (Å²) in [6, 6.07) is 10.1. The molecule has 0 aliphatic rings. The lowest BCUT2D eigenvalue weighted by Crippen LogP contribution is -3.06. The lowest BCUT2D eigenvalue weighted by atomic mass is 10.3. The van der Waals surface area contributed by atoms with Crippen molar-refractivity contribution in [2.24, 2.45) is 0 Å². The van der Waals surface area contributed by atoms with E-state index in [-0.39, 0.29) is 0 Å². The predicted molar refractivity (Wildman–Crippen MR) is 111 cm³/mol. The molecule has 0 amide bonds. The summed E-state index contributed by atoms with van der Waals surface area (Å²) in [5.41, 5.74) is 3.39. The van der Waals surface area contributed by atoms with Crippen LogP contribution >= 0.6 is 35.3 Å². The van der Waals surface area contributed by atoms with Gasteiger partial charge in [0.2, 0.25) is 0 Å². The second-order valence-electron chi connectivity index (χ2n) is 6.30. The minimum atomic E-state index is 0.736. The highest BCUT2D eigenvalue weighted by Gasteiger charge is 2.11. The highest BCUT2D eigenvalue weighted by Crippen LogP contribution is 2.23. The van der Waals surface area contributed by atoms with Gasteiger partial charge in [-0.25, -0.2) is 4.68 Å². The van der Waals surface area contributed by atoms with Crippen molar-refractivity contribution >= 4 is 35.3 Å². The number of para-hydroxylation sites is 1. The van der Waals surface area contributed by atoms with Crippen molar-refractivity contribution in [3.63, 3.8) is 0 Å². The van der Waals surface area contributed by atoms with Crippen molar-refractivity contribution in [1.82, 2.24) is 19.6 Å². The number of nitrogens with one attached hydrogen (secondary N) is 1. The summed E-state index contributed by atoms with van der Waals surface area (Å²) in [7, 11) is 2.14. The van der Waals surface area contributed by atoms with Gasteiger partial charge in [0, 0.05) is 17.5 Å². The largest absolute Gasteiger partial charge is 0.315 e. The zero-order valence-corrected chi connectivity index (χ0v) is 17.3. The van der Waals surface area contributed by atoms with Gasteiger partial charge in [-0.2, -0.15) is 9.78 Å². The van der Waals surface area contributed by atoms with Crippen molar-refractivity contribution in [1.29, 1.82) is 0 Å². The molecule has 2 aromatic heterocycles. The normalized spacial score (nSPS) is 12.2. The van der Waals surface area contributed by atoms with Crippen LogP contribution in [0.25, 0.3) is 5.69 Å². The van der Waals surface area contributed by atoms with Gasteiger partial charge in [-0.15, -0.1) is 5.10 Å². The Hall–Kier alpha value is -1.74. The number of hydrogen-bond acceptors (Lipinski definition) is 5. The molecule has 2 heterocycles. The predicted octanol–water partition coefficient (Wildman–Crippen LogP) is 3.20. The van der Waals surface area contributed by atoms with E-state index >= 15 is 0 Å². The summed E-state index contributed by atoms with van der Waals surface area (Å²) in [5, 5.41) is 9.09. The second-order valence-corrected chi connectivity index (χ2v) is 9.14. The van der Waals surface area contributed by atoms with E-state index in [0.29, 0.717) is 0 Å². The molecule has 0 aliphatic heterocycles. The fourth-order valence-electron chi connectivity index (χ4n) is 2.46. The van der Waals surface area contributed by atoms with E-state index in [0.717, 1.165) is 38.5 Å². The number of aromatic nitrogens is 4. The second kappa shape index (κ2) is 8.77. The summed E-state index contributed by atoms with van der Waals surface area (Å²) in [6.45, 7) is 7.55. The molecule has 1 N–H and O–H groups in total. The van der Waals surface area contributed by atoms with E-state index in [2.05, 4.69) is 30.0 Å². The van der Waals surface area contributed by atoms with E-state index in [4.69, 9.17) is 12.2 Å². The van der Waals surface area contributed by atoms with Crippen LogP contribution in [0.3, 0.4) is 0 Å². The first-order valence-corrected chi connectivity index (χ1v) is 10.5. The Morgan fingerprint density at radius 3 is 2.85 bits per heavy atom. The van der Waals surface area contributed by atoms with Crippen LogP contribution in [0.15, 0.2) is 59.2 Å². The Morgan fingerprint density at radius 1 is 1.35 bits per heavy atom. The lowest BCUT2D eigenvalue weighted by Gasteiger charge is -2.12. The molecule has 136 valence electrons. The Kier molecular flexibility index (Phi) is 6.42. The molecule has 3 aromatic rings. The molecular formula is C18H22N5S3+. The Bertz CT molecular complexity index is 926. The maximum atomic E-state index is 5.46. The molecule has 5 nitrogen and oxygen atoms in total. The third-order valence-electron chi connectivity index (χ3n) is 3.61. The van der Waals surface area contributed by atoms with Gasteiger partial charge in [-0.1, -0.05) is 53.4 Å². The van der Waals surface area contributed by atoms with Crippen LogP contribution in [0.1, 0.15) is 12.5 Å². The van der Waals surface area contributed by atoms with Crippen molar-refractivity contribution in [3.05, 3.63) is 64.4 Å². The topological polar surface area (TPSA) is 40.1 Å². The molecule has 1 unspecified atom stereocenters. The first-order chi connectivity index (χ1) is 12.5. The van der Waals surface area contributed by atoms with E-state index in [1.807, 2.05) is 52.8 Å². The Morgan fingerprint density at radius 2 is 2.12 bits per heavy atom. The van der Waals surface area contributed by atoms with Crippen molar-refractivity contribution < 1.29 is 4.90 Å². The van der Waals surface area contributed by atoms with E-state index in [9.17, 15) is 0 Å². The monoisotopic (exact) mass is 404 g/mol. The molecule has 0 saturated carbocycles. The number of thioether (sulfide) groups is 1. The number of rotatable bonds is 8. The van der Waals surface area contributed by atoms with Gasteiger partial charge in [0.15, 0.2) is 15.0 Å². The van der Waals surface area contributed by atoms with E-state index in [1.165, 1.54) is 10.5 Å². The minimum Gasteiger partial charge on any atom is -0.315 e. The fraction of sp³-hybridized carbons (Fsp3) is 0.278. The average Bonchev–Trinajstić information content (AvgIpc) is 3.21. The number of quaternary nitrogens is 1. The number of benzene rings is 1. The van der Waals surface area contributed by atoms with E-state index in [1.54, 1.807) is 23.1 Å². The molecule has 1 atom stereocenters. The molecular weight excluding hydrogens is 382 g/mol. The average molecular weight is 405 g/mol. The Labute approximate surface area is 167 Å². The summed E-state index contributed by atoms with van der Waals surface area (Å²) in [4.78, 5) is 1.30. The summed E-state index contributed by atoms with van der Waals surface area (Å²) >= 11 is 8.72. The van der Waals surface area contributed by atoms with Gasteiger partial charge in [-0.3, -0.25) is 0 Å². The SMILES string of the molecule is C=C(C)CSc1nn(C[NH+](C)Cc2cnn(-c3ccccc3)c2)c(=S)s1. The standard InChI is InChI=1S/C18H21N5S3/c1-14(2)12-25-17-20-23(18(24)26-17)13-21(3)10-15-9-19-22(11-15)16-7-5-4-6-8-16/h4-9,11H,1,10,12-13H2,2-3H3/p+1. The molecule has 0 spiro atoms. The lowest BCUT2D eigenvalue weighted by molar-refractivity contribution is -0.917. The van der Waals surface area contributed by atoms with Crippen LogP contribution in [0.5, 0.6) is 0 Å². The van der Waals surface area contributed by atoms with Crippen LogP contribution in [-0.2, 0) is 13.2 Å². The highest BCUT2D eigenvalue weighted by atomic mass is 32.2. The molecule has 1 aromatic carbocycles. The molecule has 8 heteroatoms. The number of nitrogens with zero attached hydrogens (tertiary/aromatic N) is 4.